The van der Waals surface area contributed by atoms with Crippen LogP contribution in [0.3, 0.4) is 0 Å². The molecular weight excluding hydrogens is 406 g/mol. The zero-order valence-electron chi connectivity index (χ0n) is 16.3. The van der Waals surface area contributed by atoms with Gasteiger partial charge in [-0.3, -0.25) is 19.2 Å². The lowest BCUT2D eigenvalue weighted by Crippen LogP contribution is -2.45. The number of nitrogens with one attached hydrogen (secondary N) is 1. The van der Waals surface area contributed by atoms with Gasteiger partial charge in [-0.15, -0.1) is 0 Å². The zero-order chi connectivity index (χ0) is 21.3. The summed E-state index contributed by atoms with van der Waals surface area (Å²) in [6, 6.07) is 13.1. The number of hydrogen-bond donors (Lipinski definition) is 1. The van der Waals surface area contributed by atoms with Crippen LogP contribution in [0.5, 0.6) is 0 Å². The third-order valence-electron chi connectivity index (χ3n) is 6.05. The summed E-state index contributed by atoms with van der Waals surface area (Å²) in [6.07, 6.45) is 4.37. The highest BCUT2D eigenvalue weighted by atomic mass is 32.2. The topological polar surface area (TPSA) is 110 Å². The number of nitro groups is 1. The molecule has 2 aromatic carbocycles. The van der Waals surface area contributed by atoms with Gasteiger partial charge in [0.25, 0.3) is 15.7 Å². The van der Waals surface area contributed by atoms with E-state index in [1.54, 1.807) is 18.2 Å². The van der Waals surface area contributed by atoms with E-state index in [0.29, 0.717) is 11.8 Å². The molecule has 0 heterocycles. The number of anilines is 1. The fraction of sp³-hybridized carbons (Fsp3) is 0.381. The van der Waals surface area contributed by atoms with Crippen LogP contribution >= 0.6 is 0 Å². The standard InChI is InChI=1S/C21H23N3O5S/c25-21(22-20-13-15-6-7-16(20)12-15)14-23(17-8-10-18(11-9-17)24(26)27)30(28,29)19-4-2-1-3-5-19/h1-5,8-11,15-16,20H,6-7,12-14H2,(H,22,25)/t15-,16-,20-/m0/s1. The van der Waals surface area contributed by atoms with Crippen LogP contribution in [-0.2, 0) is 14.8 Å². The molecule has 0 unspecified atom stereocenters. The highest BCUT2D eigenvalue weighted by Gasteiger charge is 2.40. The van der Waals surface area contributed by atoms with Gasteiger partial charge in [0.1, 0.15) is 6.54 Å². The maximum absolute atomic E-state index is 13.3. The molecule has 0 radical (unpaired) electrons. The Hall–Kier alpha value is -2.94. The molecule has 2 aliphatic rings. The summed E-state index contributed by atoms with van der Waals surface area (Å²) in [5, 5.41) is 14.0. The first kappa shape index (κ1) is 20.3. The van der Waals surface area contributed by atoms with E-state index in [1.165, 1.54) is 42.8 Å². The maximum atomic E-state index is 13.3. The summed E-state index contributed by atoms with van der Waals surface area (Å²) in [4.78, 5) is 23.2. The van der Waals surface area contributed by atoms with Crippen LogP contribution in [0.4, 0.5) is 11.4 Å². The Morgan fingerprint density at radius 2 is 1.77 bits per heavy atom. The molecule has 8 nitrogen and oxygen atoms in total. The number of rotatable bonds is 7. The highest BCUT2D eigenvalue weighted by Crippen LogP contribution is 2.44. The molecule has 2 aromatic rings. The normalized spacial score (nSPS) is 22.6. The second-order valence-electron chi connectivity index (χ2n) is 7.95. The number of non-ortho nitro benzene ring substituents is 1. The summed E-state index contributed by atoms with van der Waals surface area (Å²) < 4.78 is 27.5. The van der Waals surface area contributed by atoms with Gasteiger partial charge < -0.3 is 5.32 Å². The summed E-state index contributed by atoms with van der Waals surface area (Å²) in [5.41, 5.74) is 0.0507. The number of carbonyl (C=O) groups is 1. The number of benzene rings is 2. The molecule has 2 saturated carbocycles. The van der Waals surface area contributed by atoms with Gasteiger partial charge in [0.15, 0.2) is 0 Å². The third kappa shape index (κ3) is 4.02. The van der Waals surface area contributed by atoms with Crippen LogP contribution in [0.2, 0.25) is 0 Å². The largest absolute Gasteiger partial charge is 0.352 e. The molecule has 2 bridgehead atoms. The molecule has 0 saturated heterocycles. The lowest BCUT2D eigenvalue weighted by atomic mass is 9.95. The molecule has 1 amide bonds. The first-order chi connectivity index (χ1) is 14.3. The Bertz CT molecular complexity index is 1040. The van der Waals surface area contributed by atoms with Crippen molar-refractivity contribution in [2.45, 2.75) is 36.6 Å². The van der Waals surface area contributed by atoms with Gasteiger partial charge in [-0.1, -0.05) is 24.6 Å². The van der Waals surface area contributed by atoms with Gasteiger partial charge in [-0.2, -0.15) is 0 Å². The van der Waals surface area contributed by atoms with Crippen LogP contribution in [0.15, 0.2) is 59.5 Å². The quantitative estimate of drug-likeness (QED) is 0.537. The lowest BCUT2D eigenvalue weighted by Gasteiger charge is -2.27. The number of nitrogens with zero attached hydrogens (tertiary/aromatic N) is 2. The van der Waals surface area contributed by atoms with Gasteiger partial charge >= 0.3 is 0 Å². The molecule has 3 atom stereocenters. The minimum atomic E-state index is -4.02. The Labute approximate surface area is 175 Å². The van der Waals surface area contributed by atoms with Crippen molar-refractivity contribution in [3.63, 3.8) is 0 Å². The minimum Gasteiger partial charge on any atom is -0.352 e. The van der Waals surface area contributed by atoms with Crippen LogP contribution < -0.4 is 9.62 Å². The van der Waals surface area contributed by atoms with E-state index in [-0.39, 0.29) is 34.8 Å². The molecule has 2 aliphatic carbocycles. The van der Waals surface area contributed by atoms with Crippen LogP contribution in [-0.4, -0.2) is 31.8 Å². The van der Waals surface area contributed by atoms with Crippen molar-refractivity contribution in [2.24, 2.45) is 11.8 Å². The SMILES string of the molecule is O=C(CN(c1ccc([N+](=O)[O-])cc1)S(=O)(=O)c1ccccc1)N[C@H]1C[C@H]2CC[C@H]1C2. The van der Waals surface area contributed by atoms with E-state index in [1.807, 2.05) is 0 Å². The average molecular weight is 429 g/mol. The molecule has 158 valence electrons. The molecule has 2 fully saturated rings. The lowest BCUT2D eigenvalue weighted by molar-refractivity contribution is -0.384. The van der Waals surface area contributed by atoms with E-state index in [4.69, 9.17) is 0 Å². The molecule has 1 N–H and O–H groups in total. The predicted molar refractivity (Wildman–Crippen MR) is 111 cm³/mol. The summed E-state index contributed by atoms with van der Waals surface area (Å²) in [7, 11) is -4.02. The van der Waals surface area contributed by atoms with E-state index < -0.39 is 14.9 Å². The van der Waals surface area contributed by atoms with Gasteiger partial charge in [0.2, 0.25) is 5.91 Å². The maximum Gasteiger partial charge on any atom is 0.269 e. The van der Waals surface area contributed by atoms with Crippen molar-refractivity contribution in [1.29, 1.82) is 0 Å². The summed E-state index contributed by atoms with van der Waals surface area (Å²) in [5.74, 6) is 0.752. The second-order valence-corrected chi connectivity index (χ2v) is 9.81. The second kappa shape index (κ2) is 8.06. The number of hydrogen-bond acceptors (Lipinski definition) is 5. The Balaban J connectivity index is 1.60. The Morgan fingerprint density at radius 1 is 1.07 bits per heavy atom. The van der Waals surface area contributed by atoms with Crippen molar-refractivity contribution >= 4 is 27.3 Å². The van der Waals surface area contributed by atoms with Gasteiger partial charge in [0, 0.05) is 18.2 Å². The smallest absolute Gasteiger partial charge is 0.269 e. The van der Waals surface area contributed by atoms with E-state index in [0.717, 1.165) is 23.6 Å². The fourth-order valence-corrected chi connectivity index (χ4v) is 6.02. The van der Waals surface area contributed by atoms with Crippen molar-refractivity contribution in [1.82, 2.24) is 5.32 Å². The molecule has 9 heteroatoms. The molecule has 4 rings (SSSR count). The summed E-state index contributed by atoms with van der Waals surface area (Å²) in [6.45, 7) is -0.386. The van der Waals surface area contributed by atoms with E-state index in [9.17, 15) is 23.3 Å². The first-order valence-corrected chi connectivity index (χ1v) is 11.4. The molecular formula is C21H23N3O5S. The van der Waals surface area contributed by atoms with Crippen LogP contribution in [0.25, 0.3) is 0 Å². The number of nitro benzene ring substituents is 1. The third-order valence-corrected chi connectivity index (χ3v) is 7.84. The van der Waals surface area contributed by atoms with Crippen molar-refractivity contribution < 1.29 is 18.1 Å². The Kier molecular flexibility index (Phi) is 5.46. The monoisotopic (exact) mass is 429 g/mol. The van der Waals surface area contributed by atoms with Gasteiger partial charge in [-0.25, -0.2) is 8.42 Å². The average Bonchev–Trinajstić information content (AvgIpc) is 3.36. The molecule has 0 aromatic heterocycles. The molecule has 30 heavy (non-hydrogen) atoms. The number of fused-ring (bicyclic) bond motifs is 2. The van der Waals surface area contributed by atoms with Gasteiger partial charge in [0.05, 0.1) is 15.5 Å². The number of amides is 1. The van der Waals surface area contributed by atoms with Gasteiger partial charge in [-0.05, 0) is 55.4 Å². The van der Waals surface area contributed by atoms with Crippen molar-refractivity contribution in [3.8, 4) is 0 Å². The van der Waals surface area contributed by atoms with E-state index in [2.05, 4.69) is 5.32 Å². The Morgan fingerprint density at radius 3 is 2.33 bits per heavy atom. The first-order valence-electron chi connectivity index (χ1n) is 9.96. The summed E-state index contributed by atoms with van der Waals surface area (Å²) >= 11 is 0. The number of sulfonamides is 1. The molecule has 0 spiro atoms. The number of carbonyl (C=O) groups excluding carboxylic acids is 1. The van der Waals surface area contributed by atoms with E-state index >= 15 is 0 Å². The van der Waals surface area contributed by atoms with Crippen LogP contribution in [0.1, 0.15) is 25.7 Å². The van der Waals surface area contributed by atoms with Crippen molar-refractivity contribution in [3.05, 3.63) is 64.7 Å². The van der Waals surface area contributed by atoms with Crippen LogP contribution in [0, 0.1) is 22.0 Å². The van der Waals surface area contributed by atoms with Crippen molar-refractivity contribution in [2.75, 3.05) is 10.8 Å². The predicted octanol–water partition coefficient (Wildman–Crippen LogP) is 3.09. The zero-order valence-corrected chi connectivity index (χ0v) is 17.1. The molecule has 0 aliphatic heterocycles. The minimum absolute atomic E-state index is 0.0519. The highest BCUT2D eigenvalue weighted by molar-refractivity contribution is 7.92. The fourth-order valence-electron chi connectivity index (χ4n) is 4.58.